The van der Waals surface area contributed by atoms with E-state index in [-0.39, 0.29) is 11.9 Å². The van der Waals surface area contributed by atoms with Gasteiger partial charge in [-0.15, -0.1) is 0 Å². The van der Waals surface area contributed by atoms with Gasteiger partial charge in [-0.2, -0.15) is 0 Å². The lowest BCUT2D eigenvalue weighted by atomic mass is 9.99. The number of carbonyl (C=O) groups is 1. The highest BCUT2D eigenvalue weighted by molar-refractivity contribution is 5.96. The molecule has 3 aromatic heterocycles. The average molecular weight is 467 g/mol. The van der Waals surface area contributed by atoms with Gasteiger partial charge in [-0.3, -0.25) is 14.8 Å². The van der Waals surface area contributed by atoms with Crippen molar-refractivity contribution in [1.29, 1.82) is 0 Å². The molecule has 1 aliphatic heterocycles. The van der Waals surface area contributed by atoms with Gasteiger partial charge in [0, 0.05) is 55.9 Å². The quantitative estimate of drug-likeness (QED) is 0.439. The zero-order valence-electron chi connectivity index (χ0n) is 19.4. The summed E-state index contributed by atoms with van der Waals surface area (Å²) < 4.78 is 5.40. The number of anilines is 1. The van der Waals surface area contributed by atoms with Crippen LogP contribution in [0.5, 0.6) is 0 Å². The Morgan fingerprint density at radius 3 is 2.57 bits per heavy atom. The molecule has 0 radical (unpaired) electrons. The zero-order chi connectivity index (χ0) is 24.0. The number of ether oxygens (including phenoxy) is 1. The van der Waals surface area contributed by atoms with E-state index in [9.17, 15) is 4.79 Å². The lowest BCUT2D eigenvalue weighted by molar-refractivity contribution is 0.0696. The van der Waals surface area contributed by atoms with Gasteiger partial charge in [0.15, 0.2) is 5.82 Å². The van der Waals surface area contributed by atoms with E-state index in [4.69, 9.17) is 9.72 Å². The van der Waals surface area contributed by atoms with E-state index in [1.165, 1.54) is 0 Å². The van der Waals surface area contributed by atoms with E-state index in [2.05, 4.69) is 25.6 Å². The summed E-state index contributed by atoms with van der Waals surface area (Å²) in [4.78, 5) is 31.3. The van der Waals surface area contributed by atoms with Crippen LogP contribution in [0.3, 0.4) is 0 Å². The SMILES string of the molecule is CNc1cc(-c2ncccc2-c2cccc(C(=O)NC3CCOCC3)c2)nc(-c2ccccn2)n1. The molecule has 2 N–H and O–H groups in total. The molecular weight excluding hydrogens is 440 g/mol. The molecule has 1 saturated heterocycles. The predicted octanol–water partition coefficient (Wildman–Crippen LogP) is 4.22. The molecule has 0 unspecified atom stereocenters. The van der Waals surface area contributed by atoms with Gasteiger partial charge in [0.05, 0.1) is 11.4 Å². The summed E-state index contributed by atoms with van der Waals surface area (Å²) in [7, 11) is 1.81. The van der Waals surface area contributed by atoms with Crippen molar-refractivity contribution < 1.29 is 9.53 Å². The fourth-order valence-corrected chi connectivity index (χ4v) is 4.09. The molecule has 4 heterocycles. The monoisotopic (exact) mass is 466 g/mol. The largest absolute Gasteiger partial charge is 0.381 e. The number of benzene rings is 1. The summed E-state index contributed by atoms with van der Waals surface area (Å²) in [5.74, 6) is 1.09. The third-order valence-electron chi connectivity index (χ3n) is 5.92. The molecule has 176 valence electrons. The highest BCUT2D eigenvalue weighted by Crippen LogP contribution is 2.31. The summed E-state index contributed by atoms with van der Waals surface area (Å²) in [6, 6.07) is 19.1. The molecule has 4 aromatic rings. The van der Waals surface area contributed by atoms with Crippen molar-refractivity contribution in [2.75, 3.05) is 25.6 Å². The van der Waals surface area contributed by atoms with Crippen LogP contribution < -0.4 is 10.6 Å². The van der Waals surface area contributed by atoms with Crippen LogP contribution in [-0.4, -0.2) is 52.1 Å². The molecule has 0 atom stereocenters. The first-order valence-electron chi connectivity index (χ1n) is 11.6. The number of hydrogen-bond donors (Lipinski definition) is 2. The fourth-order valence-electron chi connectivity index (χ4n) is 4.09. The van der Waals surface area contributed by atoms with Crippen LogP contribution in [0, 0.1) is 0 Å². The van der Waals surface area contributed by atoms with E-state index in [0.717, 1.165) is 24.0 Å². The lowest BCUT2D eigenvalue weighted by Crippen LogP contribution is -2.38. The van der Waals surface area contributed by atoms with Crippen molar-refractivity contribution in [2.24, 2.45) is 0 Å². The highest BCUT2D eigenvalue weighted by atomic mass is 16.5. The minimum atomic E-state index is -0.0823. The van der Waals surface area contributed by atoms with Crippen LogP contribution in [0.15, 0.2) is 73.1 Å². The highest BCUT2D eigenvalue weighted by Gasteiger charge is 2.19. The summed E-state index contributed by atoms with van der Waals surface area (Å²) >= 11 is 0. The molecule has 1 fully saturated rings. The van der Waals surface area contributed by atoms with Crippen LogP contribution in [0.25, 0.3) is 34.0 Å². The molecule has 35 heavy (non-hydrogen) atoms. The number of pyridine rings is 2. The molecule has 5 rings (SSSR count). The number of amides is 1. The molecule has 1 amide bonds. The smallest absolute Gasteiger partial charge is 0.251 e. The predicted molar refractivity (Wildman–Crippen MR) is 135 cm³/mol. The Hall–Kier alpha value is -4.17. The Balaban J connectivity index is 1.51. The van der Waals surface area contributed by atoms with Crippen molar-refractivity contribution in [2.45, 2.75) is 18.9 Å². The van der Waals surface area contributed by atoms with Crippen LogP contribution >= 0.6 is 0 Å². The average Bonchev–Trinajstić information content (AvgIpc) is 2.94. The summed E-state index contributed by atoms with van der Waals surface area (Å²) in [6.07, 6.45) is 5.12. The van der Waals surface area contributed by atoms with Crippen molar-refractivity contribution in [3.8, 4) is 34.0 Å². The van der Waals surface area contributed by atoms with E-state index >= 15 is 0 Å². The first-order valence-corrected chi connectivity index (χ1v) is 11.6. The second-order valence-corrected chi connectivity index (χ2v) is 8.27. The van der Waals surface area contributed by atoms with Crippen molar-refractivity contribution >= 4 is 11.7 Å². The Bertz CT molecular complexity index is 1320. The second kappa shape index (κ2) is 10.4. The third kappa shape index (κ3) is 5.17. The lowest BCUT2D eigenvalue weighted by Gasteiger charge is -2.23. The van der Waals surface area contributed by atoms with E-state index in [1.807, 2.05) is 67.7 Å². The standard InChI is InChI=1S/C27H26N6O2/c1-28-24-17-23(32-26(33-24)22-9-2-3-12-29-22)25-21(8-5-13-30-25)18-6-4-7-19(16-18)27(34)31-20-10-14-35-15-11-20/h2-9,12-13,16-17,20H,10-11,14-15H2,1H3,(H,31,34)(H,28,32,33). The zero-order valence-corrected chi connectivity index (χ0v) is 19.4. The minimum absolute atomic E-state index is 0.0823. The van der Waals surface area contributed by atoms with Crippen LogP contribution in [0.1, 0.15) is 23.2 Å². The number of hydrogen-bond acceptors (Lipinski definition) is 7. The maximum Gasteiger partial charge on any atom is 0.251 e. The molecule has 0 spiro atoms. The van der Waals surface area contributed by atoms with Gasteiger partial charge in [0.2, 0.25) is 0 Å². The molecule has 0 aliphatic carbocycles. The Kier molecular flexibility index (Phi) is 6.72. The number of rotatable bonds is 6. The summed E-state index contributed by atoms with van der Waals surface area (Å²) in [5, 5.41) is 6.23. The molecule has 8 nitrogen and oxygen atoms in total. The van der Waals surface area contributed by atoms with Crippen LogP contribution in [-0.2, 0) is 4.74 Å². The first-order chi connectivity index (χ1) is 17.2. The molecule has 1 aromatic carbocycles. The van der Waals surface area contributed by atoms with Gasteiger partial charge in [-0.05, 0) is 48.7 Å². The van der Waals surface area contributed by atoms with E-state index < -0.39 is 0 Å². The normalized spacial score (nSPS) is 13.9. The van der Waals surface area contributed by atoms with Crippen molar-refractivity contribution in [1.82, 2.24) is 25.3 Å². The van der Waals surface area contributed by atoms with Gasteiger partial charge in [0.1, 0.15) is 11.5 Å². The molecular formula is C27H26N6O2. The number of nitrogens with one attached hydrogen (secondary N) is 2. The number of aromatic nitrogens is 4. The number of nitrogens with zero attached hydrogens (tertiary/aromatic N) is 4. The van der Waals surface area contributed by atoms with Gasteiger partial charge >= 0.3 is 0 Å². The Labute approximate surface area is 203 Å². The maximum absolute atomic E-state index is 12.9. The molecule has 1 aliphatic rings. The first kappa shape index (κ1) is 22.6. The third-order valence-corrected chi connectivity index (χ3v) is 5.92. The van der Waals surface area contributed by atoms with Crippen LogP contribution in [0.4, 0.5) is 5.82 Å². The van der Waals surface area contributed by atoms with Gasteiger partial charge < -0.3 is 15.4 Å². The molecule has 0 saturated carbocycles. The summed E-state index contributed by atoms with van der Waals surface area (Å²) in [5.41, 5.74) is 4.41. The minimum Gasteiger partial charge on any atom is -0.381 e. The van der Waals surface area contributed by atoms with Gasteiger partial charge in [0.25, 0.3) is 5.91 Å². The fraction of sp³-hybridized carbons (Fsp3) is 0.222. The maximum atomic E-state index is 12.9. The van der Waals surface area contributed by atoms with Gasteiger partial charge in [-0.1, -0.05) is 24.3 Å². The Morgan fingerprint density at radius 2 is 1.77 bits per heavy atom. The summed E-state index contributed by atoms with van der Waals surface area (Å²) in [6.45, 7) is 1.36. The van der Waals surface area contributed by atoms with Gasteiger partial charge in [-0.25, -0.2) is 9.97 Å². The number of carbonyl (C=O) groups excluding carboxylic acids is 1. The van der Waals surface area contributed by atoms with E-state index in [0.29, 0.717) is 47.5 Å². The van der Waals surface area contributed by atoms with Crippen molar-refractivity contribution in [3.05, 3.63) is 78.6 Å². The van der Waals surface area contributed by atoms with Crippen LogP contribution in [0.2, 0.25) is 0 Å². The molecule has 8 heteroatoms. The van der Waals surface area contributed by atoms with Crippen molar-refractivity contribution in [3.63, 3.8) is 0 Å². The topological polar surface area (TPSA) is 102 Å². The van der Waals surface area contributed by atoms with E-state index in [1.54, 1.807) is 12.4 Å². The molecule has 0 bridgehead atoms. The second-order valence-electron chi connectivity index (χ2n) is 8.27. The Morgan fingerprint density at radius 1 is 0.914 bits per heavy atom.